The van der Waals surface area contributed by atoms with Crippen molar-refractivity contribution in [3.8, 4) is 0 Å². The number of benzene rings is 1. The molecule has 0 unspecified atom stereocenters. The fourth-order valence-corrected chi connectivity index (χ4v) is 3.27. The number of allylic oxidation sites excluding steroid dienone is 2. The maximum Gasteiger partial charge on any atom is 0.271 e. The molecule has 0 bridgehead atoms. The molecule has 3 rings (SSSR count). The van der Waals surface area contributed by atoms with Crippen molar-refractivity contribution >= 4 is 34.8 Å². The van der Waals surface area contributed by atoms with E-state index in [2.05, 4.69) is 0 Å². The number of amides is 2. The van der Waals surface area contributed by atoms with Gasteiger partial charge in [0.15, 0.2) is 0 Å². The SMILES string of the molecule is Cc1ccc([N+](=O)[O-])cc1N1C(=O)[C@H]2CC(Cl)=CC[C@H]2C1=O. The number of nitro benzene ring substituents is 1. The maximum atomic E-state index is 12.6. The fraction of sp³-hybridized carbons (Fsp3) is 0.333. The summed E-state index contributed by atoms with van der Waals surface area (Å²) in [4.78, 5) is 36.6. The number of fused-ring (bicyclic) bond motifs is 1. The van der Waals surface area contributed by atoms with E-state index in [4.69, 9.17) is 11.6 Å². The van der Waals surface area contributed by atoms with Crippen LogP contribution in [0.5, 0.6) is 0 Å². The normalized spacial score (nSPS) is 24.3. The highest BCUT2D eigenvalue weighted by Crippen LogP contribution is 2.42. The average Bonchev–Trinajstić information content (AvgIpc) is 2.71. The van der Waals surface area contributed by atoms with Gasteiger partial charge in [-0.15, -0.1) is 0 Å². The highest BCUT2D eigenvalue weighted by molar-refractivity contribution is 6.30. The van der Waals surface area contributed by atoms with E-state index in [1.807, 2.05) is 0 Å². The number of nitro groups is 1. The Hall–Kier alpha value is -2.21. The highest BCUT2D eigenvalue weighted by Gasteiger charge is 2.49. The van der Waals surface area contributed by atoms with Gasteiger partial charge < -0.3 is 0 Å². The van der Waals surface area contributed by atoms with Crippen LogP contribution in [0.25, 0.3) is 0 Å². The third-order valence-electron chi connectivity index (χ3n) is 4.21. The van der Waals surface area contributed by atoms with Crippen LogP contribution in [0.15, 0.2) is 29.3 Å². The summed E-state index contributed by atoms with van der Waals surface area (Å²) in [5.41, 5.74) is 0.784. The highest BCUT2D eigenvalue weighted by atomic mass is 35.5. The molecule has 0 N–H and O–H groups in total. The van der Waals surface area contributed by atoms with Crippen LogP contribution < -0.4 is 4.90 Å². The molecule has 6 nitrogen and oxygen atoms in total. The molecule has 0 saturated carbocycles. The Balaban J connectivity index is 2.03. The minimum atomic E-state index is -0.542. The van der Waals surface area contributed by atoms with E-state index in [-0.39, 0.29) is 23.2 Å². The minimum absolute atomic E-state index is 0.146. The lowest BCUT2D eigenvalue weighted by atomic mass is 9.85. The lowest BCUT2D eigenvalue weighted by Crippen LogP contribution is -2.31. The quantitative estimate of drug-likeness (QED) is 0.476. The molecular weight excluding hydrogens is 308 g/mol. The molecule has 1 heterocycles. The van der Waals surface area contributed by atoms with Crippen LogP contribution >= 0.6 is 11.6 Å². The maximum absolute atomic E-state index is 12.6. The summed E-state index contributed by atoms with van der Waals surface area (Å²) in [7, 11) is 0. The van der Waals surface area contributed by atoms with E-state index in [1.54, 1.807) is 19.1 Å². The largest absolute Gasteiger partial charge is 0.274 e. The van der Waals surface area contributed by atoms with Crippen molar-refractivity contribution in [3.63, 3.8) is 0 Å². The first-order chi connectivity index (χ1) is 10.4. The van der Waals surface area contributed by atoms with Crippen molar-refractivity contribution < 1.29 is 14.5 Å². The summed E-state index contributed by atoms with van der Waals surface area (Å²) in [5.74, 6) is -1.53. The monoisotopic (exact) mass is 320 g/mol. The molecule has 2 aliphatic rings. The van der Waals surface area contributed by atoms with Crippen molar-refractivity contribution in [2.75, 3.05) is 4.90 Å². The van der Waals surface area contributed by atoms with Crippen LogP contribution in [0.2, 0.25) is 0 Å². The lowest BCUT2D eigenvalue weighted by molar-refractivity contribution is -0.384. The fourth-order valence-electron chi connectivity index (χ4n) is 3.02. The van der Waals surface area contributed by atoms with Crippen molar-refractivity contribution in [1.82, 2.24) is 0 Å². The van der Waals surface area contributed by atoms with Crippen molar-refractivity contribution in [2.45, 2.75) is 19.8 Å². The van der Waals surface area contributed by atoms with E-state index >= 15 is 0 Å². The molecule has 1 fully saturated rings. The Morgan fingerprint density at radius 2 is 1.95 bits per heavy atom. The summed E-state index contributed by atoms with van der Waals surface area (Å²) in [5, 5.41) is 11.5. The zero-order chi connectivity index (χ0) is 16.0. The number of aryl methyl sites for hydroxylation is 1. The van der Waals surface area contributed by atoms with Gasteiger partial charge in [0.1, 0.15) is 0 Å². The Morgan fingerprint density at radius 3 is 2.64 bits per heavy atom. The van der Waals surface area contributed by atoms with E-state index in [0.29, 0.717) is 23.4 Å². The molecule has 7 heteroatoms. The molecular formula is C15H13ClN2O4. The predicted octanol–water partition coefficient (Wildman–Crippen LogP) is 2.93. The first-order valence-electron chi connectivity index (χ1n) is 6.87. The molecule has 1 aliphatic heterocycles. The van der Waals surface area contributed by atoms with Gasteiger partial charge in [-0.05, 0) is 25.3 Å². The van der Waals surface area contributed by atoms with Gasteiger partial charge in [0.2, 0.25) is 11.8 Å². The second-order valence-corrected chi connectivity index (χ2v) is 6.03. The van der Waals surface area contributed by atoms with Gasteiger partial charge >= 0.3 is 0 Å². The van der Waals surface area contributed by atoms with Crippen molar-refractivity contribution in [3.05, 3.63) is 45.0 Å². The standard InChI is InChI=1S/C15H13ClN2O4/c1-8-2-4-10(18(21)22)7-13(8)17-14(19)11-5-3-9(16)6-12(11)15(17)20/h2-4,7,11-12H,5-6H2,1H3/t11-,12+/m1/s1. The number of non-ortho nitro benzene ring substituents is 1. The van der Waals surface area contributed by atoms with E-state index in [1.165, 1.54) is 12.1 Å². The summed E-state index contributed by atoms with van der Waals surface area (Å²) < 4.78 is 0. The number of carbonyl (C=O) groups is 2. The van der Waals surface area contributed by atoms with Crippen LogP contribution in [0.4, 0.5) is 11.4 Å². The van der Waals surface area contributed by atoms with Gasteiger partial charge in [-0.2, -0.15) is 0 Å². The van der Waals surface area contributed by atoms with Gasteiger partial charge in [-0.25, -0.2) is 4.90 Å². The summed E-state index contributed by atoms with van der Waals surface area (Å²) in [6.07, 6.45) is 2.54. The molecule has 1 aromatic carbocycles. The number of nitrogens with zero attached hydrogens (tertiary/aromatic N) is 2. The number of carbonyl (C=O) groups excluding carboxylic acids is 2. The molecule has 2 atom stereocenters. The number of rotatable bonds is 2. The van der Waals surface area contributed by atoms with Crippen LogP contribution in [-0.2, 0) is 9.59 Å². The molecule has 1 saturated heterocycles. The zero-order valence-electron chi connectivity index (χ0n) is 11.8. The molecule has 2 amide bonds. The predicted molar refractivity (Wildman–Crippen MR) is 80.5 cm³/mol. The zero-order valence-corrected chi connectivity index (χ0v) is 12.5. The van der Waals surface area contributed by atoms with Gasteiger partial charge in [0, 0.05) is 17.2 Å². The minimum Gasteiger partial charge on any atom is -0.274 e. The van der Waals surface area contributed by atoms with E-state index < -0.39 is 16.8 Å². The first kappa shape index (κ1) is 14.7. The second-order valence-electron chi connectivity index (χ2n) is 5.54. The lowest BCUT2D eigenvalue weighted by Gasteiger charge is -2.17. The van der Waals surface area contributed by atoms with E-state index in [0.717, 1.165) is 4.90 Å². The summed E-state index contributed by atoms with van der Waals surface area (Å²) >= 11 is 5.98. The average molecular weight is 321 g/mol. The number of hydrogen-bond acceptors (Lipinski definition) is 4. The van der Waals surface area contributed by atoms with Crippen LogP contribution in [0.3, 0.4) is 0 Å². The second kappa shape index (κ2) is 5.21. The summed E-state index contributed by atoms with van der Waals surface area (Å²) in [6.45, 7) is 1.72. The van der Waals surface area contributed by atoms with Crippen LogP contribution in [-0.4, -0.2) is 16.7 Å². The Bertz CT molecular complexity index is 728. The molecule has 0 aromatic heterocycles. The van der Waals surface area contributed by atoms with Gasteiger partial charge in [-0.3, -0.25) is 19.7 Å². The van der Waals surface area contributed by atoms with Crippen LogP contribution in [0.1, 0.15) is 18.4 Å². The molecule has 1 aliphatic carbocycles. The third-order valence-corrected chi connectivity index (χ3v) is 4.52. The summed E-state index contributed by atoms with van der Waals surface area (Å²) in [6, 6.07) is 4.17. The van der Waals surface area contributed by atoms with Crippen LogP contribution in [0, 0.1) is 28.9 Å². The first-order valence-corrected chi connectivity index (χ1v) is 7.25. The molecule has 0 spiro atoms. The van der Waals surface area contributed by atoms with Gasteiger partial charge in [-0.1, -0.05) is 23.7 Å². The number of anilines is 1. The Kier molecular flexibility index (Phi) is 3.48. The Morgan fingerprint density at radius 1 is 1.27 bits per heavy atom. The molecule has 0 radical (unpaired) electrons. The van der Waals surface area contributed by atoms with Gasteiger partial charge in [0.05, 0.1) is 22.4 Å². The van der Waals surface area contributed by atoms with Gasteiger partial charge in [0.25, 0.3) is 5.69 Å². The third kappa shape index (κ3) is 2.20. The number of hydrogen-bond donors (Lipinski definition) is 0. The Labute approximate surface area is 131 Å². The topological polar surface area (TPSA) is 80.5 Å². The molecule has 1 aromatic rings. The smallest absolute Gasteiger partial charge is 0.271 e. The number of halogens is 1. The molecule has 114 valence electrons. The van der Waals surface area contributed by atoms with E-state index in [9.17, 15) is 19.7 Å². The van der Waals surface area contributed by atoms with Crippen molar-refractivity contribution in [2.24, 2.45) is 11.8 Å². The number of imide groups is 1. The molecule has 22 heavy (non-hydrogen) atoms. The van der Waals surface area contributed by atoms with Crippen molar-refractivity contribution in [1.29, 1.82) is 0 Å².